The third-order valence-electron chi connectivity index (χ3n) is 5.11. The summed E-state index contributed by atoms with van der Waals surface area (Å²) < 4.78 is 6.16. The standard InChI is InChI=1S/C20H27ClN4O4S/c1-4-13-17(21)24-18(23-13)14(26)7-12-5-6-25(9-15(12)29-10-11(2)3)20-22-8-16(30-20)19(27)28/h8,11-12,15H,4-7,9-10H2,1-3H3,(H,23,24)(H,27,28)/t12-,15-/m0/s1. The molecule has 2 N–H and O–H groups in total. The van der Waals surface area contributed by atoms with Crippen molar-refractivity contribution in [2.75, 3.05) is 24.6 Å². The van der Waals surface area contributed by atoms with E-state index in [4.69, 9.17) is 21.4 Å². The lowest BCUT2D eigenvalue weighted by molar-refractivity contribution is -0.00872. The van der Waals surface area contributed by atoms with E-state index in [1.165, 1.54) is 6.20 Å². The summed E-state index contributed by atoms with van der Waals surface area (Å²) >= 11 is 7.24. The number of ether oxygens (including phenoxy) is 1. The van der Waals surface area contributed by atoms with E-state index in [9.17, 15) is 9.59 Å². The van der Waals surface area contributed by atoms with Gasteiger partial charge in [-0.15, -0.1) is 0 Å². The van der Waals surface area contributed by atoms with E-state index in [-0.39, 0.29) is 22.7 Å². The van der Waals surface area contributed by atoms with Gasteiger partial charge in [0.15, 0.2) is 21.9 Å². The van der Waals surface area contributed by atoms with Crippen molar-refractivity contribution in [1.29, 1.82) is 0 Å². The monoisotopic (exact) mass is 454 g/mol. The molecular weight excluding hydrogens is 428 g/mol. The number of hydrogen-bond donors (Lipinski definition) is 2. The van der Waals surface area contributed by atoms with Crippen molar-refractivity contribution < 1.29 is 19.4 Å². The number of imidazole rings is 1. The zero-order valence-electron chi connectivity index (χ0n) is 17.4. The van der Waals surface area contributed by atoms with Gasteiger partial charge in [0, 0.05) is 26.1 Å². The van der Waals surface area contributed by atoms with Crippen LogP contribution in [0.3, 0.4) is 0 Å². The molecule has 3 heterocycles. The highest BCUT2D eigenvalue weighted by atomic mass is 35.5. The van der Waals surface area contributed by atoms with Gasteiger partial charge < -0.3 is 19.7 Å². The summed E-state index contributed by atoms with van der Waals surface area (Å²) in [5.74, 6) is -0.342. The maximum atomic E-state index is 12.8. The third kappa shape index (κ3) is 5.39. The number of H-pyrrole nitrogens is 1. The Morgan fingerprint density at radius 2 is 2.23 bits per heavy atom. The quantitative estimate of drug-likeness (QED) is 0.552. The zero-order chi connectivity index (χ0) is 21.8. The highest BCUT2D eigenvalue weighted by Crippen LogP contribution is 2.31. The number of aromatic carboxylic acids is 1. The minimum Gasteiger partial charge on any atom is -0.477 e. The molecule has 0 unspecified atom stereocenters. The van der Waals surface area contributed by atoms with Crippen LogP contribution in [-0.4, -0.2) is 57.6 Å². The number of carboxylic acid groups (broad SMARTS) is 1. The van der Waals surface area contributed by atoms with E-state index in [1.807, 2.05) is 11.8 Å². The van der Waals surface area contributed by atoms with Crippen molar-refractivity contribution in [3.05, 3.63) is 27.7 Å². The highest BCUT2D eigenvalue weighted by Gasteiger charge is 2.34. The predicted octanol–water partition coefficient (Wildman–Crippen LogP) is 3.92. The van der Waals surface area contributed by atoms with Crippen molar-refractivity contribution in [2.45, 2.75) is 46.1 Å². The first-order chi connectivity index (χ1) is 14.3. The minimum atomic E-state index is -0.976. The fourth-order valence-electron chi connectivity index (χ4n) is 3.48. The number of carbonyl (C=O) groups excluding carboxylic acids is 1. The first-order valence-electron chi connectivity index (χ1n) is 10.1. The first-order valence-corrected chi connectivity index (χ1v) is 11.3. The van der Waals surface area contributed by atoms with Gasteiger partial charge in [-0.25, -0.2) is 14.8 Å². The summed E-state index contributed by atoms with van der Waals surface area (Å²) in [5, 5.41) is 10.2. The molecule has 8 nitrogen and oxygen atoms in total. The molecule has 0 saturated carbocycles. The van der Waals surface area contributed by atoms with E-state index < -0.39 is 5.97 Å². The number of carboxylic acids is 1. The average Bonchev–Trinajstić information content (AvgIpc) is 3.34. The van der Waals surface area contributed by atoms with Gasteiger partial charge in [0.25, 0.3) is 0 Å². The van der Waals surface area contributed by atoms with E-state index in [0.717, 1.165) is 23.5 Å². The molecule has 30 heavy (non-hydrogen) atoms. The number of carbonyl (C=O) groups is 2. The normalized spacial score (nSPS) is 19.4. The summed E-state index contributed by atoms with van der Waals surface area (Å²) in [6, 6.07) is 0. The molecule has 0 radical (unpaired) electrons. The largest absolute Gasteiger partial charge is 0.477 e. The smallest absolute Gasteiger partial charge is 0.347 e. The summed E-state index contributed by atoms with van der Waals surface area (Å²) in [6.07, 6.45) is 2.98. The molecule has 3 rings (SSSR count). The SMILES string of the molecule is CCc1[nH]c(C(=O)C[C@@H]2CCN(c3ncc(C(=O)O)s3)C[C@@H]2OCC(C)C)nc1Cl. The third-order valence-corrected chi connectivity index (χ3v) is 6.47. The molecular formula is C20H27ClN4O4S. The topological polar surface area (TPSA) is 108 Å². The molecule has 0 spiro atoms. The Balaban J connectivity index is 1.71. The van der Waals surface area contributed by atoms with E-state index >= 15 is 0 Å². The van der Waals surface area contributed by atoms with Gasteiger partial charge in [-0.05, 0) is 24.7 Å². The lowest BCUT2D eigenvalue weighted by Gasteiger charge is -2.38. The predicted molar refractivity (Wildman–Crippen MR) is 116 cm³/mol. The number of ketones is 1. The van der Waals surface area contributed by atoms with Crippen LogP contribution in [0.2, 0.25) is 5.15 Å². The molecule has 164 valence electrons. The van der Waals surface area contributed by atoms with E-state index in [1.54, 1.807) is 0 Å². The fourth-order valence-corrected chi connectivity index (χ4v) is 4.53. The molecule has 1 aliphatic rings. The van der Waals surface area contributed by atoms with Crippen molar-refractivity contribution in [3.8, 4) is 0 Å². The first kappa shape index (κ1) is 22.7. The van der Waals surface area contributed by atoms with Gasteiger partial charge in [-0.1, -0.05) is 43.7 Å². The second kappa shape index (κ2) is 9.89. The number of thiazole rings is 1. The molecule has 1 fully saturated rings. The zero-order valence-corrected chi connectivity index (χ0v) is 18.9. The van der Waals surface area contributed by atoms with Crippen LogP contribution < -0.4 is 4.90 Å². The molecule has 2 atom stereocenters. The lowest BCUT2D eigenvalue weighted by atomic mass is 9.89. The average molecular weight is 455 g/mol. The van der Waals surface area contributed by atoms with Crippen molar-refractivity contribution in [2.24, 2.45) is 11.8 Å². The number of Topliss-reactive ketones (excluding diaryl/α,β-unsaturated/α-hetero) is 1. The number of hydrogen-bond acceptors (Lipinski definition) is 7. The number of nitrogens with zero attached hydrogens (tertiary/aromatic N) is 3. The van der Waals surface area contributed by atoms with Crippen LogP contribution in [0.4, 0.5) is 5.13 Å². The van der Waals surface area contributed by atoms with Crippen LogP contribution in [0.5, 0.6) is 0 Å². The van der Waals surface area contributed by atoms with Crippen LogP contribution in [0.1, 0.15) is 59.6 Å². The molecule has 0 aromatic carbocycles. The van der Waals surface area contributed by atoms with E-state index in [2.05, 4.69) is 28.8 Å². The van der Waals surface area contributed by atoms with Gasteiger partial charge in [0.05, 0.1) is 18.0 Å². The number of aromatic nitrogens is 3. The number of aryl methyl sites for hydroxylation is 1. The van der Waals surface area contributed by atoms with Crippen molar-refractivity contribution in [1.82, 2.24) is 15.0 Å². The molecule has 0 aliphatic carbocycles. The van der Waals surface area contributed by atoms with Gasteiger partial charge in [0.1, 0.15) is 4.88 Å². The molecule has 1 aliphatic heterocycles. The molecule has 1 saturated heterocycles. The number of halogens is 1. The van der Waals surface area contributed by atoms with Crippen LogP contribution in [0.15, 0.2) is 6.20 Å². The molecule has 2 aromatic rings. The lowest BCUT2D eigenvalue weighted by Crippen LogP contribution is -2.46. The van der Waals surface area contributed by atoms with Gasteiger partial charge >= 0.3 is 5.97 Å². The van der Waals surface area contributed by atoms with Crippen LogP contribution in [0, 0.1) is 11.8 Å². The summed E-state index contributed by atoms with van der Waals surface area (Å²) in [5.41, 5.74) is 0.764. The molecule has 10 heteroatoms. The van der Waals surface area contributed by atoms with E-state index in [0.29, 0.717) is 54.6 Å². The molecule has 0 amide bonds. The Morgan fingerprint density at radius 3 is 2.83 bits per heavy atom. The number of aromatic amines is 1. The molecule has 0 bridgehead atoms. The Kier molecular flexibility index (Phi) is 7.49. The summed E-state index contributed by atoms with van der Waals surface area (Å²) in [4.78, 5) is 37.7. The maximum Gasteiger partial charge on any atom is 0.347 e. The van der Waals surface area contributed by atoms with Gasteiger partial charge in [0.2, 0.25) is 0 Å². The Labute approximate surface area is 184 Å². The number of anilines is 1. The number of rotatable bonds is 9. The van der Waals surface area contributed by atoms with Crippen LogP contribution in [-0.2, 0) is 11.2 Å². The summed E-state index contributed by atoms with van der Waals surface area (Å²) in [6.45, 7) is 7.96. The molecule has 2 aromatic heterocycles. The fraction of sp³-hybridized carbons (Fsp3) is 0.600. The number of piperidine rings is 1. The van der Waals surface area contributed by atoms with Gasteiger partial charge in [-0.2, -0.15) is 0 Å². The highest BCUT2D eigenvalue weighted by molar-refractivity contribution is 7.17. The van der Waals surface area contributed by atoms with Crippen LogP contribution in [0.25, 0.3) is 0 Å². The Hall–Kier alpha value is -1.97. The van der Waals surface area contributed by atoms with Crippen LogP contribution >= 0.6 is 22.9 Å². The second-order valence-corrected chi connectivity index (χ2v) is 9.28. The van der Waals surface area contributed by atoms with Crippen molar-refractivity contribution >= 4 is 39.8 Å². The second-order valence-electron chi connectivity index (χ2n) is 7.91. The number of nitrogens with one attached hydrogen (secondary N) is 1. The summed E-state index contributed by atoms with van der Waals surface area (Å²) in [7, 11) is 0. The minimum absolute atomic E-state index is 0.0420. The maximum absolute atomic E-state index is 12.8. The Bertz CT molecular complexity index is 897. The van der Waals surface area contributed by atoms with Gasteiger partial charge in [-0.3, -0.25) is 4.79 Å². The Morgan fingerprint density at radius 1 is 1.47 bits per heavy atom. The van der Waals surface area contributed by atoms with Crippen molar-refractivity contribution in [3.63, 3.8) is 0 Å².